The van der Waals surface area contributed by atoms with Crippen molar-refractivity contribution < 1.29 is 14.2 Å². The van der Waals surface area contributed by atoms with Crippen molar-refractivity contribution in [2.45, 2.75) is 50.3 Å². The van der Waals surface area contributed by atoms with E-state index in [-0.39, 0.29) is 17.6 Å². The lowest BCUT2D eigenvalue weighted by molar-refractivity contribution is -0.0924. The second-order valence-electron chi connectivity index (χ2n) is 7.29. The van der Waals surface area contributed by atoms with Crippen molar-refractivity contribution in [1.82, 2.24) is 4.98 Å². The molecule has 5 nitrogen and oxygen atoms in total. The van der Waals surface area contributed by atoms with Crippen LogP contribution in [0.2, 0.25) is 0 Å². The van der Waals surface area contributed by atoms with Gasteiger partial charge in [-0.2, -0.15) is 0 Å². The molecular weight excluding hydrogens is 306 g/mol. The first-order valence-corrected chi connectivity index (χ1v) is 8.28. The van der Waals surface area contributed by atoms with Crippen molar-refractivity contribution in [3.63, 3.8) is 0 Å². The van der Waals surface area contributed by atoms with E-state index in [0.29, 0.717) is 17.0 Å². The summed E-state index contributed by atoms with van der Waals surface area (Å²) in [4.78, 5) is 16.4. The van der Waals surface area contributed by atoms with E-state index in [1.807, 2.05) is 51.1 Å². The molecule has 2 aromatic rings. The lowest BCUT2D eigenvalue weighted by Crippen LogP contribution is -2.57. The smallest absolute Gasteiger partial charge is 0.199 e. The number of pyridine rings is 1. The number of hydrogen-bond acceptors (Lipinski definition) is 4. The molecule has 2 fully saturated rings. The minimum atomic E-state index is -0.602. The van der Waals surface area contributed by atoms with Gasteiger partial charge in [-0.15, -0.1) is 0 Å². The first-order chi connectivity index (χ1) is 11.5. The molecule has 5 unspecified atom stereocenters. The third kappa shape index (κ3) is 1.45. The molecule has 5 atom stereocenters. The van der Waals surface area contributed by atoms with Gasteiger partial charge in [0.15, 0.2) is 17.6 Å². The van der Waals surface area contributed by atoms with Crippen molar-refractivity contribution in [2.75, 3.05) is 0 Å². The Kier molecular flexibility index (Phi) is 2.55. The maximum absolute atomic E-state index is 13.3. The average molecular weight is 325 g/mol. The highest BCUT2D eigenvalue weighted by Gasteiger charge is 2.73. The fourth-order valence-electron chi connectivity index (χ4n) is 4.47. The number of rotatable bonds is 1. The summed E-state index contributed by atoms with van der Waals surface area (Å²) in [5.74, 6) is 0.546. The van der Waals surface area contributed by atoms with Gasteiger partial charge in [-0.3, -0.25) is 4.79 Å². The number of hydrogen-bond donors (Lipinski definition) is 1. The standard InChI is InChI=1S/C19H19NO4/c1-10-19(3)16-18(2,17(22-10)24-19)13-14(21)12(9-20-15(13)23-16)11-7-5-4-6-8-11/h4-10,16-17H,1-3H3,(H,20,21). The highest BCUT2D eigenvalue weighted by molar-refractivity contribution is 5.65. The van der Waals surface area contributed by atoms with Crippen LogP contribution in [0.25, 0.3) is 11.1 Å². The monoisotopic (exact) mass is 325 g/mol. The van der Waals surface area contributed by atoms with Crippen LogP contribution >= 0.6 is 0 Å². The van der Waals surface area contributed by atoms with Crippen LogP contribution in [-0.4, -0.2) is 29.1 Å². The molecular formula is C19H19NO4. The molecule has 1 aromatic heterocycles. The van der Waals surface area contributed by atoms with Gasteiger partial charge >= 0.3 is 0 Å². The summed E-state index contributed by atoms with van der Waals surface area (Å²) in [7, 11) is 0. The number of ether oxygens (including phenoxy) is 3. The molecule has 1 aromatic carbocycles. The molecule has 0 radical (unpaired) electrons. The third-order valence-electron chi connectivity index (χ3n) is 5.96. The maximum Gasteiger partial charge on any atom is 0.199 e. The lowest BCUT2D eigenvalue weighted by Gasteiger charge is -2.37. The zero-order valence-electron chi connectivity index (χ0n) is 13.8. The molecule has 3 aliphatic rings. The number of aromatic amines is 1. The van der Waals surface area contributed by atoms with E-state index >= 15 is 0 Å². The Hall–Kier alpha value is -2.11. The van der Waals surface area contributed by atoms with Crippen molar-refractivity contribution in [3.05, 3.63) is 52.3 Å². The van der Waals surface area contributed by atoms with Crippen LogP contribution in [0.15, 0.2) is 41.3 Å². The fourth-order valence-corrected chi connectivity index (χ4v) is 4.47. The topological polar surface area (TPSA) is 60.6 Å². The van der Waals surface area contributed by atoms with E-state index in [4.69, 9.17) is 14.2 Å². The second-order valence-corrected chi connectivity index (χ2v) is 7.29. The molecule has 2 saturated heterocycles. The summed E-state index contributed by atoms with van der Waals surface area (Å²) in [5.41, 5.74) is 0.991. The van der Waals surface area contributed by atoms with Crippen LogP contribution in [0.5, 0.6) is 5.88 Å². The fraction of sp³-hybridized carbons (Fsp3) is 0.421. The van der Waals surface area contributed by atoms with Crippen molar-refractivity contribution >= 4 is 0 Å². The number of H-pyrrole nitrogens is 1. The van der Waals surface area contributed by atoms with Gasteiger partial charge in [0.25, 0.3) is 0 Å². The zero-order valence-corrected chi connectivity index (χ0v) is 13.8. The van der Waals surface area contributed by atoms with Crippen LogP contribution in [0.1, 0.15) is 26.3 Å². The molecule has 5 rings (SSSR count). The van der Waals surface area contributed by atoms with Gasteiger partial charge in [-0.05, 0) is 26.3 Å². The maximum atomic E-state index is 13.3. The predicted molar refractivity (Wildman–Crippen MR) is 88.1 cm³/mol. The van der Waals surface area contributed by atoms with Crippen molar-refractivity contribution in [3.8, 4) is 17.0 Å². The number of nitrogens with one attached hydrogen (secondary N) is 1. The zero-order chi connectivity index (χ0) is 16.7. The summed E-state index contributed by atoms with van der Waals surface area (Å²) in [6.07, 6.45) is 0.967. The number of aromatic nitrogens is 1. The molecule has 3 aliphatic heterocycles. The van der Waals surface area contributed by atoms with Gasteiger partial charge in [0.05, 0.1) is 17.1 Å². The van der Waals surface area contributed by atoms with Gasteiger partial charge in [-0.1, -0.05) is 30.3 Å². The van der Waals surface area contributed by atoms with E-state index < -0.39 is 17.3 Å². The number of benzene rings is 1. The molecule has 2 bridgehead atoms. The van der Waals surface area contributed by atoms with E-state index in [9.17, 15) is 4.79 Å². The molecule has 0 amide bonds. The highest BCUT2D eigenvalue weighted by atomic mass is 16.8. The van der Waals surface area contributed by atoms with Crippen LogP contribution in [0.4, 0.5) is 0 Å². The lowest BCUT2D eigenvalue weighted by atomic mass is 9.72. The minimum Gasteiger partial charge on any atom is -0.471 e. The summed E-state index contributed by atoms with van der Waals surface area (Å²) < 4.78 is 18.2. The van der Waals surface area contributed by atoms with Gasteiger partial charge in [0.1, 0.15) is 11.7 Å². The highest BCUT2D eigenvalue weighted by Crippen LogP contribution is 2.59. The molecule has 0 spiro atoms. The van der Waals surface area contributed by atoms with Crippen LogP contribution in [0, 0.1) is 0 Å². The van der Waals surface area contributed by atoms with E-state index in [1.165, 1.54) is 0 Å². The summed E-state index contributed by atoms with van der Waals surface area (Å²) in [5, 5.41) is 0. The Morgan fingerprint density at radius 2 is 1.92 bits per heavy atom. The Balaban J connectivity index is 1.72. The summed E-state index contributed by atoms with van der Waals surface area (Å²) >= 11 is 0. The molecule has 124 valence electrons. The first-order valence-electron chi connectivity index (χ1n) is 8.28. The Bertz CT molecular complexity index is 892. The van der Waals surface area contributed by atoms with Crippen molar-refractivity contribution in [1.29, 1.82) is 0 Å². The Labute approximate surface area is 139 Å². The largest absolute Gasteiger partial charge is 0.471 e. The summed E-state index contributed by atoms with van der Waals surface area (Å²) in [6.45, 7) is 6.00. The van der Waals surface area contributed by atoms with Gasteiger partial charge < -0.3 is 19.2 Å². The Morgan fingerprint density at radius 1 is 1.17 bits per heavy atom. The normalized spacial score (nSPS) is 38.7. The predicted octanol–water partition coefficient (Wildman–Crippen LogP) is 2.59. The molecule has 0 saturated carbocycles. The van der Waals surface area contributed by atoms with Crippen molar-refractivity contribution in [2.24, 2.45) is 0 Å². The first kappa shape index (κ1) is 14.3. The quantitative estimate of drug-likeness (QED) is 0.875. The van der Waals surface area contributed by atoms with E-state index in [1.54, 1.807) is 6.20 Å². The van der Waals surface area contributed by atoms with E-state index in [0.717, 1.165) is 5.56 Å². The molecule has 0 aliphatic carbocycles. The SMILES string of the molecule is CC1OC2OC1(C)C1Oc3[nH]cc(-c4ccccc4)c(=O)c3C21C. The van der Waals surface area contributed by atoms with Gasteiger partial charge in [0, 0.05) is 11.8 Å². The summed E-state index contributed by atoms with van der Waals surface area (Å²) in [6, 6.07) is 9.66. The van der Waals surface area contributed by atoms with Crippen LogP contribution < -0.4 is 10.2 Å². The Morgan fingerprint density at radius 3 is 2.67 bits per heavy atom. The van der Waals surface area contributed by atoms with Crippen LogP contribution in [-0.2, 0) is 14.9 Å². The molecule has 1 N–H and O–H groups in total. The third-order valence-corrected chi connectivity index (χ3v) is 5.96. The number of fused-ring (bicyclic) bond motifs is 7. The van der Waals surface area contributed by atoms with Crippen LogP contribution in [0.3, 0.4) is 0 Å². The molecule has 4 heterocycles. The average Bonchev–Trinajstić information content (AvgIpc) is 3.12. The van der Waals surface area contributed by atoms with Gasteiger partial charge in [-0.25, -0.2) is 0 Å². The molecule has 5 heteroatoms. The van der Waals surface area contributed by atoms with Gasteiger partial charge in [0.2, 0.25) is 0 Å². The second kappa shape index (κ2) is 4.29. The minimum absolute atomic E-state index is 0.0176. The van der Waals surface area contributed by atoms with E-state index in [2.05, 4.69) is 4.98 Å². The molecule has 24 heavy (non-hydrogen) atoms.